The lowest BCUT2D eigenvalue weighted by molar-refractivity contribution is 0.102. The molecule has 0 unspecified atom stereocenters. The molecule has 0 spiro atoms. The van der Waals surface area contributed by atoms with Crippen LogP contribution < -0.4 is 5.32 Å². The Morgan fingerprint density at radius 1 is 1.14 bits per heavy atom. The zero-order valence-electron chi connectivity index (χ0n) is 11.7. The fourth-order valence-electron chi connectivity index (χ4n) is 2.15. The number of hydrogen-bond donors (Lipinski definition) is 1. The van der Waals surface area contributed by atoms with Gasteiger partial charge in [0, 0.05) is 29.3 Å². The molecule has 0 atom stereocenters. The topological polar surface area (TPSA) is 46.9 Å². The van der Waals surface area contributed by atoms with Gasteiger partial charge in [-0.2, -0.15) is 0 Å². The van der Waals surface area contributed by atoms with E-state index in [4.69, 9.17) is 0 Å². The van der Waals surface area contributed by atoms with Crippen molar-refractivity contribution < 1.29 is 4.79 Å². The fourth-order valence-corrected chi connectivity index (χ4v) is 2.15. The summed E-state index contributed by atoms with van der Waals surface area (Å²) in [4.78, 5) is 16.3. The van der Waals surface area contributed by atoms with E-state index < -0.39 is 0 Å². The molecule has 0 radical (unpaired) electrons. The lowest BCUT2D eigenvalue weighted by atomic mass is 10.1. The number of carbonyl (C=O) groups is 1. The van der Waals surface area contributed by atoms with Crippen LogP contribution in [-0.4, -0.2) is 15.5 Å². The van der Waals surface area contributed by atoms with Crippen molar-refractivity contribution in [3.8, 4) is 5.69 Å². The van der Waals surface area contributed by atoms with Crippen LogP contribution in [0.5, 0.6) is 0 Å². The average molecular weight is 277 g/mol. The maximum atomic E-state index is 12.2. The summed E-state index contributed by atoms with van der Waals surface area (Å²) >= 11 is 0. The Morgan fingerprint density at radius 2 is 2.00 bits per heavy atom. The van der Waals surface area contributed by atoms with Crippen LogP contribution in [0.3, 0.4) is 0 Å². The zero-order valence-corrected chi connectivity index (χ0v) is 11.7. The number of imidazole rings is 1. The summed E-state index contributed by atoms with van der Waals surface area (Å²) in [7, 11) is 0. The van der Waals surface area contributed by atoms with Crippen LogP contribution in [0.4, 0.5) is 5.69 Å². The smallest absolute Gasteiger partial charge is 0.255 e. The maximum Gasteiger partial charge on any atom is 0.255 e. The van der Waals surface area contributed by atoms with Crippen molar-refractivity contribution in [2.24, 2.45) is 0 Å². The van der Waals surface area contributed by atoms with Crippen molar-refractivity contribution in [1.29, 1.82) is 0 Å². The molecule has 0 saturated carbocycles. The molecule has 0 saturated heterocycles. The molecular weight excluding hydrogens is 262 g/mol. The molecule has 1 N–H and O–H groups in total. The monoisotopic (exact) mass is 277 g/mol. The van der Waals surface area contributed by atoms with E-state index in [0.717, 1.165) is 16.9 Å². The summed E-state index contributed by atoms with van der Waals surface area (Å²) in [5.41, 5.74) is 3.43. The molecule has 0 aliphatic heterocycles. The van der Waals surface area contributed by atoms with Gasteiger partial charge in [0.1, 0.15) is 0 Å². The number of carbonyl (C=O) groups excluding carboxylic acids is 1. The Kier molecular flexibility index (Phi) is 3.51. The molecule has 0 bridgehead atoms. The van der Waals surface area contributed by atoms with Gasteiger partial charge in [0.15, 0.2) is 0 Å². The van der Waals surface area contributed by atoms with E-state index in [9.17, 15) is 4.79 Å². The van der Waals surface area contributed by atoms with Gasteiger partial charge >= 0.3 is 0 Å². The second-order valence-electron chi connectivity index (χ2n) is 4.84. The highest BCUT2D eigenvalue weighted by Crippen LogP contribution is 2.15. The molecule has 1 aromatic heterocycles. The van der Waals surface area contributed by atoms with Gasteiger partial charge in [-0.15, -0.1) is 0 Å². The number of nitrogens with one attached hydrogen (secondary N) is 1. The molecule has 0 aliphatic rings. The molecular formula is C17H15N3O. The van der Waals surface area contributed by atoms with Gasteiger partial charge in [0.05, 0.1) is 6.33 Å². The van der Waals surface area contributed by atoms with Crippen LogP contribution in [0.2, 0.25) is 0 Å². The van der Waals surface area contributed by atoms with E-state index in [0.29, 0.717) is 5.56 Å². The van der Waals surface area contributed by atoms with Crippen molar-refractivity contribution in [1.82, 2.24) is 9.55 Å². The first kappa shape index (κ1) is 13.1. The summed E-state index contributed by atoms with van der Waals surface area (Å²) in [5.74, 6) is -0.110. The second kappa shape index (κ2) is 5.63. The third-order valence-corrected chi connectivity index (χ3v) is 3.19. The summed E-state index contributed by atoms with van der Waals surface area (Å²) in [6.45, 7) is 1.97. The van der Waals surface area contributed by atoms with Crippen molar-refractivity contribution in [3.05, 3.63) is 78.4 Å². The predicted octanol–water partition coefficient (Wildman–Crippen LogP) is 3.43. The minimum absolute atomic E-state index is 0.110. The van der Waals surface area contributed by atoms with E-state index in [1.54, 1.807) is 12.5 Å². The normalized spacial score (nSPS) is 10.3. The van der Waals surface area contributed by atoms with Crippen LogP contribution in [0, 0.1) is 6.92 Å². The minimum Gasteiger partial charge on any atom is -0.322 e. The molecule has 104 valence electrons. The SMILES string of the molecule is Cc1cccc(C(=O)Nc2cccc(-n3ccnc3)c2)c1. The number of hydrogen-bond acceptors (Lipinski definition) is 2. The number of benzene rings is 2. The zero-order chi connectivity index (χ0) is 14.7. The second-order valence-corrected chi connectivity index (χ2v) is 4.84. The first-order chi connectivity index (χ1) is 10.2. The van der Waals surface area contributed by atoms with Crippen molar-refractivity contribution in [2.45, 2.75) is 6.92 Å². The van der Waals surface area contributed by atoms with Crippen LogP contribution in [0.25, 0.3) is 5.69 Å². The fraction of sp³-hybridized carbons (Fsp3) is 0.0588. The third-order valence-electron chi connectivity index (χ3n) is 3.19. The molecule has 3 aromatic rings. The van der Waals surface area contributed by atoms with Gasteiger partial charge in [-0.3, -0.25) is 4.79 Å². The number of aromatic nitrogens is 2. The van der Waals surface area contributed by atoms with Crippen molar-refractivity contribution in [2.75, 3.05) is 5.32 Å². The molecule has 4 nitrogen and oxygen atoms in total. The Labute approximate surface area is 123 Å². The van der Waals surface area contributed by atoms with E-state index in [-0.39, 0.29) is 5.91 Å². The molecule has 21 heavy (non-hydrogen) atoms. The van der Waals surface area contributed by atoms with Gasteiger partial charge in [-0.25, -0.2) is 4.98 Å². The van der Waals surface area contributed by atoms with E-state index in [1.807, 2.05) is 66.2 Å². The highest BCUT2D eigenvalue weighted by Gasteiger charge is 2.06. The molecule has 3 rings (SSSR count). The van der Waals surface area contributed by atoms with Gasteiger partial charge in [0.2, 0.25) is 0 Å². The van der Waals surface area contributed by atoms with E-state index in [2.05, 4.69) is 10.3 Å². The number of amides is 1. The Balaban J connectivity index is 1.82. The highest BCUT2D eigenvalue weighted by atomic mass is 16.1. The third kappa shape index (κ3) is 3.00. The first-order valence-electron chi connectivity index (χ1n) is 6.69. The summed E-state index contributed by atoms with van der Waals surface area (Å²) in [6.07, 6.45) is 5.31. The lowest BCUT2D eigenvalue weighted by Gasteiger charge is -2.08. The standard InChI is InChI=1S/C17H15N3O/c1-13-4-2-5-14(10-13)17(21)19-15-6-3-7-16(11-15)20-9-8-18-12-20/h2-12H,1H3,(H,19,21). The number of rotatable bonds is 3. The quantitative estimate of drug-likeness (QED) is 0.797. The number of anilines is 1. The van der Waals surface area contributed by atoms with Gasteiger partial charge in [0.25, 0.3) is 5.91 Å². The van der Waals surface area contributed by atoms with E-state index in [1.165, 1.54) is 0 Å². The number of nitrogens with zero attached hydrogens (tertiary/aromatic N) is 2. The van der Waals surface area contributed by atoms with Crippen LogP contribution in [0.1, 0.15) is 15.9 Å². The summed E-state index contributed by atoms with van der Waals surface area (Å²) in [5, 5.41) is 2.92. The summed E-state index contributed by atoms with van der Waals surface area (Å²) in [6, 6.07) is 15.2. The molecule has 2 aromatic carbocycles. The predicted molar refractivity (Wildman–Crippen MR) is 82.7 cm³/mol. The van der Waals surface area contributed by atoms with Crippen LogP contribution >= 0.6 is 0 Å². The molecule has 0 fully saturated rings. The Morgan fingerprint density at radius 3 is 2.76 bits per heavy atom. The molecule has 4 heteroatoms. The average Bonchev–Trinajstić information content (AvgIpc) is 3.02. The largest absolute Gasteiger partial charge is 0.322 e. The summed E-state index contributed by atoms with van der Waals surface area (Å²) < 4.78 is 1.89. The molecule has 1 heterocycles. The molecule has 1 amide bonds. The van der Waals surface area contributed by atoms with Crippen LogP contribution in [0.15, 0.2) is 67.3 Å². The van der Waals surface area contributed by atoms with Gasteiger partial charge < -0.3 is 9.88 Å². The molecule has 0 aliphatic carbocycles. The first-order valence-corrected chi connectivity index (χ1v) is 6.69. The van der Waals surface area contributed by atoms with Crippen molar-refractivity contribution in [3.63, 3.8) is 0 Å². The highest BCUT2D eigenvalue weighted by molar-refractivity contribution is 6.04. The van der Waals surface area contributed by atoms with Crippen LogP contribution in [-0.2, 0) is 0 Å². The lowest BCUT2D eigenvalue weighted by Crippen LogP contribution is -2.12. The minimum atomic E-state index is -0.110. The maximum absolute atomic E-state index is 12.2. The van der Waals surface area contributed by atoms with Crippen molar-refractivity contribution >= 4 is 11.6 Å². The Bertz CT molecular complexity index is 763. The number of aryl methyl sites for hydroxylation is 1. The van der Waals surface area contributed by atoms with Gasteiger partial charge in [-0.05, 0) is 37.3 Å². The van der Waals surface area contributed by atoms with E-state index >= 15 is 0 Å². The van der Waals surface area contributed by atoms with Gasteiger partial charge in [-0.1, -0.05) is 23.8 Å². The Hall–Kier alpha value is -2.88.